The van der Waals surface area contributed by atoms with E-state index in [-0.39, 0.29) is 6.04 Å². The van der Waals surface area contributed by atoms with Crippen LogP contribution in [0, 0.1) is 11.3 Å². The van der Waals surface area contributed by atoms with Crippen molar-refractivity contribution in [3.63, 3.8) is 0 Å². The van der Waals surface area contributed by atoms with Crippen LogP contribution in [-0.2, 0) is 4.74 Å². The van der Waals surface area contributed by atoms with Gasteiger partial charge in [0.05, 0.1) is 6.07 Å². The van der Waals surface area contributed by atoms with E-state index in [0.29, 0.717) is 12.0 Å². The second-order valence-electron chi connectivity index (χ2n) is 4.68. The molecular weight excluding hydrogens is 204 g/mol. The summed E-state index contributed by atoms with van der Waals surface area (Å²) < 4.78 is 5.10. The minimum atomic E-state index is -0.498. The van der Waals surface area contributed by atoms with Crippen molar-refractivity contribution in [2.24, 2.45) is 0 Å². The van der Waals surface area contributed by atoms with Gasteiger partial charge in [0.15, 0.2) is 0 Å². The fourth-order valence-corrected chi connectivity index (χ4v) is 1.12. The van der Waals surface area contributed by atoms with Gasteiger partial charge in [-0.1, -0.05) is 6.08 Å². The van der Waals surface area contributed by atoms with Gasteiger partial charge in [0.2, 0.25) is 0 Å². The molecule has 0 aromatic carbocycles. The molecule has 0 rings (SSSR count). The highest BCUT2D eigenvalue weighted by molar-refractivity contribution is 5.68. The Morgan fingerprint density at radius 3 is 2.50 bits per heavy atom. The summed E-state index contributed by atoms with van der Waals surface area (Å²) in [6.07, 6.45) is 1.81. The fourth-order valence-electron chi connectivity index (χ4n) is 1.12. The summed E-state index contributed by atoms with van der Waals surface area (Å²) in [7, 11) is 0. The Bertz CT molecular complexity index is 308. The SMILES string of the molecule is C/C=C(/C#N)CC(C)NC(=O)OC(C)(C)C. The molecule has 90 valence electrons. The lowest BCUT2D eigenvalue weighted by Crippen LogP contribution is -2.37. The van der Waals surface area contributed by atoms with Gasteiger partial charge < -0.3 is 10.1 Å². The zero-order valence-electron chi connectivity index (χ0n) is 10.6. The summed E-state index contributed by atoms with van der Waals surface area (Å²) in [5.41, 5.74) is 0.159. The average molecular weight is 224 g/mol. The fraction of sp³-hybridized carbons (Fsp3) is 0.667. The van der Waals surface area contributed by atoms with Gasteiger partial charge in [-0.2, -0.15) is 5.26 Å². The van der Waals surface area contributed by atoms with Crippen LogP contribution in [0.2, 0.25) is 0 Å². The Labute approximate surface area is 97.3 Å². The minimum Gasteiger partial charge on any atom is -0.444 e. The van der Waals surface area contributed by atoms with Crippen LogP contribution in [0.4, 0.5) is 4.79 Å². The molecule has 0 aliphatic carbocycles. The zero-order valence-corrected chi connectivity index (χ0v) is 10.6. The van der Waals surface area contributed by atoms with Gasteiger partial charge in [0.25, 0.3) is 0 Å². The largest absolute Gasteiger partial charge is 0.444 e. The zero-order chi connectivity index (χ0) is 12.8. The molecule has 4 heteroatoms. The molecule has 4 nitrogen and oxygen atoms in total. The van der Waals surface area contributed by atoms with Crippen molar-refractivity contribution in [3.05, 3.63) is 11.6 Å². The van der Waals surface area contributed by atoms with E-state index in [1.165, 1.54) is 0 Å². The normalized spacial score (nSPS) is 13.9. The van der Waals surface area contributed by atoms with E-state index in [0.717, 1.165) is 0 Å². The average Bonchev–Trinajstić information content (AvgIpc) is 2.10. The Kier molecular flexibility index (Phi) is 5.59. The second-order valence-corrected chi connectivity index (χ2v) is 4.68. The highest BCUT2D eigenvalue weighted by atomic mass is 16.6. The Morgan fingerprint density at radius 1 is 1.56 bits per heavy atom. The van der Waals surface area contributed by atoms with Crippen molar-refractivity contribution in [2.75, 3.05) is 0 Å². The highest BCUT2D eigenvalue weighted by Crippen LogP contribution is 2.08. The van der Waals surface area contributed by atoms with Crippen LogP contribution in [0.3, 0.4) is 0 Å². The number of alkyl carbamates (subject to hydrolysis) is 1. The van der Waals surface area contributed by atoms with Crippen LogP contribution in [0.25, 0.3) is 0 Å². The summed E-state index contributed by atoms with van der Waals surface area (Å²) >= 11 is 0. The first-order valence-electron chi connectivity index (χ1n) is 5.33. The van der Waals surface area contributed by atoms with Crippen LogP contribution in [-0.4, -0.2) is 17.7 Å². The molecule has 1 amide bonds. The lowest BCUT2D eigenvalue weighted by molar-refractivity contribution is 0.0509. The van der Waals surface area contributed by atoms with Crippen molar-refractivity contribution in [1.29, 1.82) is 5.26 Å². The first-order valence-corrected chi connectivity index (χ1v) is 5.33. The minimum absolute atomic E-state index is 0.110. The third-order valence-electron chi connectivity index (χ3n) is 1.78. The van der Waals surface area contributed by atoms with E-state index < -0.39 is 11.7 Å². The molecule has 0 saturated heterocycles. The predicted octanol–water partition coefficient (Wildman–Crippen LogP) is 2.76. The molecule has 1 unspecified atom stereocenters. The molecule has 0 saturated carbocycles. The van der Waals surface area contributed by atoms with Crippen molar-refractivity contribution in [3.8, 4) is 6.07 Å². The number of hydrogen-bond donors (Lipinski definition) is 1. The smallest absolute Gasteiger partial charge is 0.407 e. The summed E-state index contributed by atoms with van der Waals surface area (Å²) in [6.45, 7) is 9.07. The van der Waals surface area contributed by atoms with Crippen LogP contribution >= 0.6 is 0 Å². The number of allylic oxidation sites excluding steroid dienone is 1. The Balaban J connectivity index is 4.12. The van der Waals surface area contributed by atoms with Crippen molar-refractivity contribution in [2.45, 2.75) is 52.7 Å². The molecule has 16 heavy (non-hydrogen) atoms. The highest BCUT2D eigenvalue weighted by Gasteiger charge is 2.17. The standard InChI is InChI=1S/C12H20N2O2/c1-6-10(8-13)7-9(2)14-11(15)16-12(3,4)5/h6,9H,7H2,1-5H3,(H,14,15)/b10-6+. The molecule has 0 bridgehead atoms. The molecule has 0 aliphatic heterocycles. The molecule has 1 atom stereocenters. The molecule has 0 aromatic heterocycles. The number of ether oxygens (including phenoxy) is 1. The first-order chi connectivity index (χ1) is 7.28. The van der Waals surface area contributed by atoms with Gasteiger partial charge in [-0.05, 0) is 34.6 Å². The number of rotatable bonds is 3. The maximum Gasteiger partial charge on any atom is 0.407 e. The summed E-state index contributed by atoms with van der Waals surface area (Å²) in [5.74, 6) is 0. The van der Waals surface area contributed by atoms with Crippen LogP contribution in [0.1, 0.15) is 41.0 Å². The summed E-state index contributed by atoms with van der Waals surface area (Å²) in [5, 5.41) is 11.4. The second kappa shape index (κ2) is 6.16. The number of carbonyl (C=O) groups is 1. The molecule has 0 spiro atoms. The maximum atomic E-state index is 11.4. The quantitative estimate of drug-likeness (QED) is 0.750. The van der Waals surface area contributed by atoms with Crippen molar-refractivity contribution < 1.29 is 9.53 Å². The molecule has 1 N–H and O–H groups in total. The molecule has 0 aliphatic rings. The van der Waals surface area contributed by atoms with Gasteiger partial charge in [-0.25, -0.2) is 4.79 Å². The number of hydrogen-bond acceptors (Lipinski definition) is 3. The van der Waals surface area contributed by atoms with E-state index in [4.69, 9.17) is 10.00 Å². The van der Waals surface area contributed by atoms with Crippen molar-refractivity contribution in [1.82, 2.24) is 5.32 Å². The number of nitriles is 1. The van der Waals surface area contributed by atoms with Crippen LogP contribution in [0.5, 0.6) is 0 Å². The van der Waals surface area contributed by atoms with Gasteiger partial charge >= 0.3 is 6.09 Å². The van der Waals surface area contributed by atoms with Gasteiger partial charge in [0.1, 0.15) is 5.60 Å². The summed E-state index contributed by atoms with van der Waals surface area (Å²) in [6, 6.07) is 1.96. The summed E-state index contributed by atoms with van der Waals surface area (Å²) in [4.78, 5) is 11.4. The van der Waals surface area contributed by atoms with Crippen molar-refractivity contribution >= 4 is 6.09 Å². The van der Waals surface area contributed by atoms with Gasteiger partial charge in [-0.15, -0.1) is 0 Å². The van der Waals surface area contributed by atoms with E-state index in [2.05, 4.69) is 11.4 Å². The number of nitrogens with zero attached hydrogens (tertiary/aromatic N) is 1. The molecule has 0 aromatic rings. The van der Waals surface area contributed by atoms with E-state index in [1.807, 2.05) is 27.7 Å². The third kappa shape index (κ3) is 6.88. The lowest BCUT2D eigenvalue weighted by Gasteiger charge is -2.21. The topological polar surface area (TPSA) is 62.1 Å². The van der Waals surface area contributed by atoms with E-state index in [1.54, 1.807) is 13.0 Å². The predicted molar refractivity (Wildman–Crippen MR) is 62.8 cm³/mol. The Hall–Kier alpha value is -1.50. The van der Waals surface area contributed by atoms with Gasteiger partial charge in [-0.3, -0.25) is 0 Å². The first kappa shape index (κ1) is 14.5. The lowest BCUT2D eigenvalue weighted by atomic mass is 10.1. The number of nitrogens with one attached hydrogen (secondary N) is 1. The van der Waals surface area contributed by atoms with Crippen LogP contribution in [0.15, 0.2) is 11.6 Å². The molecule has 0 radical (unpaired) electrons. The monoisotopic (exact) mass is 224 g/mol. The number of amides is 1. The van der Waals surface area contributed by atoms with Gasteiger partial charge in [0, 0.05) is 18.0 Å². The molecule has 0 heterocycles. The van der Waals surface area contributed by atoms with Crippen LogP contribution < -0.4 is 5.32 Å². The Morgan fingerprint density at radius 2 is 2.12 bits per heavy atom. The third-order valence-corrected chi connectivity index (χ3v) is 1.78. The maximum absolute atomic E-state index is 11.4. The molecule has 0 fully saturated rings. The molecular formula is C12H20N2O2. The van der Waals surface area contributed by atoms with E-state index >= 15 is 0 Å². The van der Waals surface area contributed by atoms with E-state index in [9.17, 15) is 4.79 Å². The number of carbonyl (C=O) groups excluding carboxylic acids is 1.